The van der Waals surface area contributed by atoms with E-state index in [2.05, 4.69) is 45.3 Å². The molecule has 0 bridgehead atoms. The van der Waals surface area contributed by atoms with Crippen LogP contribution in [0.15, 0.2) is 18.2 Å². The fourth-order valence-corrected chi connectivity index (χ4v) is 3.34. The highest BCUT2D eigenvalue weighted by atomic mass is 32.1. The topological polar surface area (TPSA) is 68.7 Å². The Bertz CT molecular complexity index is 649. The summed E-state index contributed by atoms with van der Waals surface area (Å²) in [4.78, 5) is 19.7. The molecule has 7 heteroatoms. The van der Waals surface area contributed by atoms with Gasteiger partial charge in [0.05, 0.1) is 16.8 Å². The van der Waals surface area contributed by atoms with Crippen molar-refractivity contribution < 1.29 is 9.90 Å². The lowest BCUT2D eigenvalue weighted by Gasteiger charge is -2.34. The van der Waals surface area contributed by atoms with E-state index in [9.17, 15) is 4.79 Å². The van der Waals surface area contributed by atoms with Crippen LogP contribution in [0.5, 0.6) is 0 Å². The molecule has 3 rings (SSSR count). The van der Waals surface area contributed by atoms with Crippen molar-refractivity contribution in [2.24, 2.45) is 0 Å². The number of anilines is 1. The molecule has 2 aromatic rings. The number of hydrogen-bond acceptors (Lipinski definition) is 5. The molecular weight excluding hydrogens is 288 g/mol. The molecule has 0 aliphatic carbocycles. The van der Waals surface area contributed by atoms with Crippen molar-refractivity contribution >= 4 is 33.3 Å². The molecule has 0 unspecified atom stereocenters. The molecule has 2 heterocycles. The molecule has 1 aliphatic heterocycles. The van der Waals surface area contributed by atoms with Gasteiger partial charge < -0.3 is 20.2 Å². The van der Waals surface area contributed by atoms with Crippen molar-refractivity contribution in [3.63, 3.8) is 0 Å². The SMILES string of the molecule is CN1CCN(c2ccc3sc(CNC(=O)O)nc3c2)CC1. The summed E-state index contributed by atoms with van der Waals surface area (Å²) in [5, 5.41) is 11.8. The van der Waals surface area contributed by atoms with Gasteiger partial charge in [0.15, 0.2) is 0 Å². The second-order valence-electron chi connectivity index (χ2n) is 5.21. The molecule has 2 N–H and O–H groups in total. The number of fused-ring (bicyclic) bond motifs is 1. The van der Waals surface area contributed by atoms with Crippen LogP contribution in [0.4, 0.5) is 10.5 Å². The summed E-state index contributed by atoms with van der Waals surface area (Å²) in [6.07, 6.45) is -1.02. The zero-order valence-electron chi connectivity index (χ0n) is 11.9. The highest BCUT2D eigenvalue weighted by Gasteiger charge is 2.15. The summed E-state index contributed by atoms with van der Waals surface area (Å²) < 4.78 is 1.09. The largest absolute Gasteiger partial charge is 0.465 e. The van der Waals surface area contributed by atoms with Crippen molar-refractivity contribution in [2.75, 3.05) is 38.1 Å². The molecule has 1 amide bonds. The average molecular weight is 306 g/mol. The molecule has 0 spiro atoms. The minimum atomic E-state index is -1.02. The van der Waals surface area contributed by atoms with E-state index in [1.807, 2.05) is 0 Å². The second kappa shape index (κ2) is 5.87. The van der Waals surface area contributed by atoms with Gasteiger partial charge in [-0.1, -0.05) is 0 Å². The van der Waals surface area contributed by atoms with Gasteiger partial charge in [-0.25, -0.2) is 9.78 Å². The third-order valence-corrected chi connectivity index (χ3v) is 4.71. The fraction of sp³-hybridized carbons (Fsp3) is 0.429. The zero-order valence-corrected chi connectivity index (χ0v) is 12.7. The minimum absolute atomic E-state index is 0.262. The fourth-order valence-electron chi connectivity index (χ4n) is 2.45. The van der Waals surface area contributed by atoms with Gasteiger partial charge in [0.2, 0.25) is 0 Å². The maximum absolute atomic E-state index is 10.5. The molecular formula is C14H18N4O2S. The number of piperazine rings is 1. The van der Waals surface area contributed by atoms with Crippen molar-refractivity contribution in [3.8, 4) is 0 Å². The Hall–Kier alpha value is -1.86. The zero-order chi connectivity index (χ0) is 14.8. The van der Waals surface area contributed by atoms with Crippen molar-refractivity contribution in [2.45, 2.75) is 6.54 Å². The van der Waals surface area contributed by atoms with Gasteiger partial charge in [-0.05, 0) is 25.2 Å². The number of benzene rings is 1. The first kappa shape index (κ1) is 14.1. The third-order valence-electron chi connectivity index (χ3n) is 3.67. The van der Waals surface area contributed by atoms with Crippen LogP contribution in [0.25, 0.3) is 10.2 Å². The number of nitrogens with one attached hydrogen (secondary N) is 1. The summed E-state index contributed by atoms with van der Waals surface area (Å²) in [6, 6.07) is 6.30. The summed E-state index contributed by atoms with van der Waals surface area (Å²) in [5.74, 6) is 0. The average Bonchev–Trinajstić information content (AvgIpc) is 2.88. The van der Waals surface area contributed by atoms with E-state index in [1.54, 1.807) is 0 Å². The number of likely N-dealkylation sites (N-methyl/N-ethyl adjacent to an activating group) is 1. The highest BCUT2D eigenvalue weighted by molar-refractivity contribution is 7.18. The van der Waals surface area contributed by atoms with Gasteiger partial charge in [0, 0.05) is 31.9 Å². The molecule has 112 valence electrons. The molecule has 6 nitrogen and oxygen atoms in total. The number of carboxylic acid groups (broad SMARTS) is 1. The Morgan fingerprint density at radius 3 is 2.86 bits per heavy atom. The number of thiazole rings is 1. The predicted molar refractivity (Wildman–Crippen MR) is 84.2 cm³/mol. The molecule has 1 saturated heterocycles. The maximum Gasteiger partial charge on any atom is 0.405 e. The van der Waals surface area contributed by atoms with E-state index >= 15 is 0 Å². The number of nitrogens with zero attached hydrogens (tertiary/aromatic N) is 3. The Balaban J connectivity index is 1.78. The van der Waals surface area contributed by atoms with Crippen molar-refractivity contribution in [3.05, 3.63) is 23.2 Å². The maximum atomic E-state index is 10.5. The lowest BCUT2D eigenvalue weighted by Crippen LogP contribution is -2.44. The number of amides is 1. The van der Waals surface area contributed by atoms with Crippen LogP contribution < -0.4 is 10.2 Å². The van der Waals surface area contributed by atoms with E-state index < -0.39 is 6.09 Å². The molecule has 1 aliphatic rings. The van der Waals surface area contributed by atoms with Gasteiger partial charge in [0.1, 0.15) is 5.01 Å². The summed E-state index contributed by atoms with van der Waals surface area (Å²) in [7, 11) is 2.14. The summed E-state index contributed by atoms with van der Waals surface area (Å²) >= 11 is 1.53. The number of rotatable bonds is 3. The predicted octanol–water partition coefficient (Wildman–Crippen LogP) is 1.82. The van der Waals surface area contributed by atoms with E-state index in [4.69, 9.17) is 5.11 Å². The smallest absolute Gasteiger partial charge is 0.405 e. The van der Waals surface area contributed by atoms with E-state index in [-0.39, 0.29) is 6.54 Å². The molecule has 0 radical (unpaired) electrons. The van der Waals surface area contributed by atoms with Gasteiger partial charge in [-0.3, -0.25) is 0 Å². The lowest BCUT2D eigenvalue weighted by molar-refractivity contribution is 0.194. The summed E-state index contributed by atoms with van der Waals surface area (Å²) in [6.45, 7) is 4.46. The summed E-state index contributed by atoms with van der Waals surface area (Å²) in [5.41, 5.74) is 2.14. The Labute approximate surface area is 127 Å². The first-order valence-corrected chi connectivity index (χ1v) is 7.73. The van der Waals surface area contributed by atoms with Gasteiger partial charge >= 0.3 is 6.09 Å². The van der Waals surface area contributed by atoms with Crippen LogP contribution >= 0.6 is 11.3 Å². The normalized spacial score (nSPS) is 16.3. The van der Waals surface area contributed by atoms with Crippen molar-refractivity contribution in [1.82, 2.24) is 15.2 Å². The van der Waals surface area contributed by atoms with Crippen molar-refractivity contribution in [1.29, 1.82) is 0 Å². The molecule has 1 fully saturated rings. The first-order chi connectivity index (χ1) is 10.1. The molecule has 0 atom stereocenters. The van der Waals surface area contributed by atoms with Crippen LogP contribution in [0.3, 0.4) is 0 Å². The molecule has 1 aromatic carbocycles. The second-order valence-corrected chi connectivity index (χ2v) is 6.32. The standard InChI is InChI=1S/C14H18N4O2S/c1-17-4-6-18(7-5-17)10-2-3-12-11(8-10)16-13(21-12)9-15-14(19)20/h2-3,8,15H,4-7,9H2,1H3,(H,19,20). The van der Waals surface area contributed by atoms with Crippen LogP contribution in [-0.4, -0.2) is 54.3 Å². The Kier molecular flexibility index (Phi) is 3.94. The third kappa shape index (κ3) is 3.25. The number of aromatic nitrogens is 1. The van der Waals surface area contributed by atoms with Crippen LogP contribution in [0.1, 0.15) is 5.01 Å². The molecule has 21 heavy (non-hydrogen) atoms. The van der Waals surface area contributed by atoms with E-state index in [0.717, 1.165) is 41.4 Å². The number of hydrogen-bond donors (Lipinski definition) is 2. The lowest BCUT2D eigenvalue weighted by atomic mass is 10.2. The Morgan fingerprint density at radius 1 is 1.38 bits per heavy atom. The van der Waals surface area contributed by atoms with Crippen LogP contribution in [0, 0.1) is 0 Å². The van der Waals surface area contributed by atoms with Gasteiger partial charge in [-0.15, -0.1) is 11.3 Å². The van der Waals surface area contributed by atoms with Crippen LogP contribution in [-0.2, 0) is 6.54 Å². The van der Waals surface area contributed by atoms with E-state index in [0.29, 0.717) is 0 Å². The molecule has 0 saturated carbocycles. The van der Waals surface area contributed by atoms with Crippen LogP contribution in [0.2, 0.25) is 0 Å². The molecule has 1 aromatic heterocycles. The quantitative estimate of drug-likeness (QED) is 0.905. The minimum Gasteiger partial charge on any atom is -0.465 e. The van der Waals surface area contributed by atoms with E-state index in [1.165, 1.54) is 17.0 Å². The Morgan fingerprint density at radius 2 is 2.14 bits per heavy atom. The monoisotopic (exact) mass is 306 g/mol. The highest BCUT2D eigenvalue weighted by Crippen LogP contribution is 2.27. The van der Waals surface area contributed by atoms with Gasteiger partial charge in [0.25, 0.3) is 0 Å². The first-order valence-electron chi connectivity index (χ1n) is 6.91. The number of carbonyl (C=O) groups is 1. The van der Waals surface area contributed by atoms with Gasteiger partial charge in [-0.2, -0.15) is 0 Å².